The number of aliphatic hydroxyl groups excluding tert-OH is 1. The minimum absolute atomic E-state index is 0.126. The van der Waals surface area contributed by atoms with Gasteiger partial charge in [-0.1, -0.05) is 27.7 Å². The number of ether oxygens (including phenoxy) is 2. The van der Waals surface area contributed by atoms with Crippen LogP contribution in [-0.4, -0.2) is 19.3 Å². The van der Waals surface area contributed by atoms with E-state index >= 15 is 0 Å². The van der Waals surface area contributed by atoms with Crippen molar-refractivity contribution in [2.45, 2.75) is 33.8 Å². The van der Waals surface area contributed by atoms with Crippen LogP contribution in [-0.2, 0) is 0 Å². The van der Waals surface area contributed by atoms with Crippen LogP contribution in [0.4, 0.5) is 0 Å². The molecule has 1 unspecified atom stereocenters. The molecule has 0 heterocycles. The zero-order valence-electron chi connectivity index (χ0n) is 12.7. The minimum Gasteiger partial charge on any atom is -0.497 e. The van der Waals surface area contributed by atoms with E-state index in [2.05, 4.69) is 27.7 Å². The van der Waals surface area contributed by atoms with Gasteiger partial charge in [-0.05, 0) is 29.0 Å². The quantitative estimate of drug-likeness (QED) is 0.905. The van der Waals surface area contributed by atoms with E-state index in [0.717, 1.165) is 11.3 Å². The van der Waals surface area contributed by atoms with Crippen molar-refractivity contribution in [2.75, 3.05) is 14.2 Å². The molecule has 0 saturated heterocycles. The molecule has 0 radical (unpaired) electrons. The third-order valence-electron chi connectivity index (χ3n) is 5.20. The van der Waals surface area contributed by atoms with Gasteiger partial charge in [-0.25, -0.2) is 0 Å². The van der Waals surface area contributed by atoms with Crippen molar-refractivity contribution in [3.05, 3.63) is 23.8 Å². The smallest absolute Gasteiger partial charge is 0.124 e. The number of rotatable bonds is 4. The summed E-state index contributed by atoms with van der Waals surface area (Å²) in [5.41, 5.74) is 1.06. The van der Waals surface area contributed by atoms with Crippen LogP contribution in [0.1, 0.15) is 39.4 Å². The van der Waals surface area contributed by atoms with E-state index in [1.165, 1.54) is 0 Å². The first-order chi connectivity index (χ1) is 8.77. The number of hydrogen-bond donors (Lipinski definition) is 1. The van der Waals surface area contributed by atoms with Gasteiger partial charge in [-0.2, -0.15) is 0 Å². The highest BCUT2D eigenvalue weighted by atomic mass is 16.5. The predicted octanol–water partition coefficient (Wildman–Crippen LogP) is 3.42. The summed E-state index contributed by atoms with van der Waals surface area (Å²) in [6.45, 7) is 8.81. The lowest BCUT2D eigenvalue weighted by atomic mass is 9.98. The maximum absolute atomic E-state index is 10.7. The molecule has 1 aliphatic rings. The van der Waals surface area contributed by atoms with Crippen LogP contribution in [0.15, 0.2) is 18.2 Å². The monoisotopic (exact) mass is 264 g/mol. The Labute approximate surface area is 115 Å². The summed E-state index contributed by atoms with van der Waals surface area (Å²) in [7, 11) is 3.25. The lowest BCUT2D eigenvalue weighted by Crippen LogP contribution is -2.07. The van der Waals surface area contributed by atoms with Crippen molar-refractivity contribution < 1.29 is 14.6 Å². The summed E-state index contributed by atoms with van der Waals surface area (Å²) < 4.78 is 10.6. The molecule has 3 heteroatoms. The molecule has 0 aromatic heterocycles. The highest BCUT2D eigenvalue weighted by molar-refractivity contribution is 5.43. The SMILES string of the molecule is COc1ccc(OC)c(C(O)C2C(C)(C)C2(C)C)c1. The van der Waals surface area contributed by atoms with Crippen molar-refractivity contribution >= 4 is 0 Å². The Hall–Kier alpha value is -1.22. The van der Waals surface area contributed by atoms with Crippen molar-refractivity contribution in [3.63, 3.8) is 0 Å². The molecule has 0 bridgehead atoms. The number of benzene rings is 1. The van der Waals surface area contributed by atoms with Crippen LogP contribution in [0.25, 0.3) is 0 Å². The molecule has 1 saturated carbocycles. The van der Waals surface area contributed by atoms with E-state index < -0.39 is 6.10 Å². The Balaban J connectivity index is 2.37. The third-order valence-corrected chi connectivity index (χ3v) is 5.20. The molecule has 1 N–H and O–H groups in total. The number of aliphatic hydroxyl groups is 1. The van der Waals surface area contributed by atoms with E-state index in [0.29, 0.717) is 5.75 Å². The van der Waals surface area contributed by atoms with E-state index in [1.54, 1.807) is 14.2 Å². The van der Waals surface area contributed by atoms with Crippen LogP contribution in [0.5, 0.6) is 11.5 Å². The summed E-state index contributed by atoms with van der Waals surface area (Å²) in [6, 6.07) is 5.56. The molecule has 2 rings (SSSR count). The van der Waals surface area contributed by atoms with Gasteiger partial charge in [0.1, 0.15) is 11.5 Å². The van der Waals surface area contributed by atoms with Gasteiger partial charge in [-0.3, -0.25) is 0 Å². The second kappa shape index (κ2) is 4.41. The summed E-state index contributed by atoms with van der Waals surface area (Å²) in [5.74, 6) is 1.68. The third kappa shape index (κ3) is 2.00. The Kier molecular flexibility index (Phi) is 3.29. The summed E-state index contributed by atoms with van der Waals surface area (Å²) in [4.78, 5) is 0. The zero-order valence-corrected chi connectivity index (χ0v) is 12.7. The first-order valence-electron chi connectivity index (χ1n) is 6.67. The average Bonchev–Trinajstić information content (AvgIpc) is 2.78. The van der Waals surface area contributed by atoms with Crippen molar-refractivity contribution in [1.29, 1.82) is 0 Å². The molecule has 1 aromatic rings. The molecule has 3 nitrogen and oxygen atoms in total. The predicted molar refractivity (Wildman–Crippen MR) is 75.6 cm³/mol. The molecule has 1 aliphatic carbocycles. The molecule has 0 amide bonds. The Morgan fingerprint density at radius 3 is 2.05 bits per heavy atom. The molecule has 0 aliphatic heterocycles. The Bertz CT molecular complexity index is 463. The van der Waals surface area contributed by atoms with Crippen molar-refractivity contribution in [2.24, 2.45) is 16.7 Å². The van der Waals surface area contributed by atoms with Crippen LogP contribution in [0, 0.1) is 16.7 Å². The van der Waals surface area contributed by atoms with Crippen LogP contribution in [0.3, 0.4) is 0 Å². The van der Waals surface area contributed by atoms with Gasteiger partial charge in [0, 0.05) is 11.5 Å². The largest absolute Gasteiger partial charge is 0.497 e. The second-order valence-electron chi connectivity index (χ2n) is 6.47. The van der Waals surface area contributed by atoms with E-state index in [-0.39, 0.29) is 16.7 Å². The van der Waals surface area contributed by atoms with Crippen molar-refractivity contribution in [1.82, 2.24) is 0 Å². The normalized spacial score (nSPS) is 21.8. The fraction of sp³-hybridized carbons (Fsp3) is 0.625. The van der Waals surface area contributed by atoms with Gasteiger partial charge >= 0.3 is 0 Å². The molecule has 1 fully saturated rings. The fourth-order valence-electron chi connectivity index (χ4n) is 3.29. The maximum atomic E-state index is 10.7. The standard InChI is InChI=1S/C16H24O3/c1-15(2)14(16(15,3)4)13(17)11-9-10(18-5)7-8-12(11)19-6/h7-9,13-14,17H,1-6H3. The molecule has 19 heavy (non-hydrogen) atoms. The highest BCUT2D eigenvalue weighted by Crippen LogP contribution is 2.72. The fourth-order valence-corrected chi connectivity index (χ4v) is 3.29. The van der Waals surface area contributed by atoms with Crippen LogP contribution >= 0.6 is 0 Å². The number of methoxy groups -OCH3 is 2. The zero-order chi connectivity index (χ0) is 14.4. The van der Waals surface area contributed by atoms with Gasteiger partial charge < -0.3 is 14.6 Å². The Morgan fingerprint density at radius 2 is 1.63 bits per heavy atom. The van der Waals surface area contributed by atoms with Gasteiger partial charge in [0.25, 0.3) is 0 Å². The van der Waals surface area contributed by atoms with Gasteiger partial charge in [-0.15, -0.1) is 0 Å². The van der Waals surface area contributed by atoms with Crippen molar-refractivity contribution in [3.8, 4) is 11.5 Å². The van der Waals surface area contributed by atoms with E-state index in [4.69, 9.17) is 9.47 Å². The van der Waals surface area contributed by atoms with Gasteiger partial charge in [0.15, 0.2) is 0 Å². The second-order valence-corrected chi connectivity index (χ2v) is 6.47. The highest BCUT2D eigenvalue weighted by Gasteiger charge is 2.67. The lowest BCUT2D eigenvalue weighted by molar-refractivity contribution is 0.127. The van der Waals surface area contributed by atoms with E-state index in [9.17, 15) is 5.11 Å². The summed E-state index contributed by atoms with van der Waals surface area (Å²) in [6.07, 6.45) is -0.532. The first-order valence-corrected chi connectivity index (χ1v) is 6.67. The van der Waals surface area contributed by atoms with E-state index in [1.807, 2.05) is 18.2 Å². The van der Waals surface area contributed by atoms with Crippen LogP contribution in [0.2, 0.25) is 0 Å². The maximum Gasteiger partial charge on any atom is 0.124 e. The Morgan fingerprint density at radius 1 is 1.05 bits per heavy atom. The molecule has 106 valence electrons. The molecule has 1 atom stereocenters. The topological polar surface area (TPSA) is 38.7 Å². The van der Waals surface area contributed by atoms with Gasteiger partial charge in [0.05, 0.1) is 20.3 Å². The lowest BCUT2D eigenvalue weighted by Gasteiger charge is -2.17. The first kappa shape index (κ1) is 14.2. The summed E-state index contributed by atoms with van der Waals surface area (Å²) >= 11 is 0. The molecular formula is C16H24O3. The summed E-state index contributed by atoms with van der Waals surface area (Å²) in [5, 5.41) is 10.7. The molecule has 0 spiro atoms. The number of hydrogen-bond acceptors (Lipinski definition) is 3. The molecule has 1 aromatic carbocycles. The van der Waals surface area contributed by atoms with Gasteiger partial charge in [0.2, 0.25) is 0 Å². The molecular weight excluding hydrogens is 240 g/mol. The minimum atomic E-state index is -0.532. The average molecular weight is 264 g/mol. The van der Waals surface area contributed by atoms with Crippen LogP contribution < -0.4 is 9.47 Å².